The summed E-state index contributed by atoms with van der Waals surface area (Å²) in [6.07, 6.45) is 6.67. The Morgan fingerprint density at radius 2 is 1.89 bits per heavy atom. The molecule has 12 nitrogen and oxygen atoms in total. The zero-order chi connectivity index (χ0) is 26.3. The summed E-state index contributed by atoms with van der Waals surface area (Å²) in [4.78, 5) is 47.6. The number of nitrogens with zero attached hydrogens (tertiary/aromatic N) is 5. The van der Waals surface area contributed by atoms with Crippen molar-refractivity contribution in [2.24, 2.45) is 0 Å². The Bertz CT molecular complexity index is 1360. The number of nitrogen functional groups attached to an aromatic ring is 1. The summed E-state index contributed by atoms with van der Waals surface area (Å²) in [7, 11) is 0. The standard InChI is InChI=1S/C25H30N8O4/c1-3-20(36)31-30-19-7-4-14(10-27-19)18-11-28-33-24(26)22(13(2)35)23(29-25(18)33)15-8-16-5-6-17(9-15)32(16)21(37)12-34/h4,7,10-11,15-17,34H,3,5-6,8-9,12,26H2,1-2H3,(H,27,30)(H,31,36). The first kappa shape index (κ1) is 24.6. The van der Waals surface area contributed by atoms with Gasteiger partial charge in [0, 0.05) is 41.7 Å². The summed E-state index contributed by atoms with van der Waals surface area (Å²) < 4.78 is 1.47. The van der Waals surface area contributed by atoms with Gasteiger partial charge in [-0.2, -0.15) is 9.61 Å². The van der Waals surface area contributed by atoms with Crippen LogP contribution in [0.5, 0.6) is 0 Å². The van der Waals surface area contributed by atoms with Crippen LogP contribution < -0.4 is 16.6 Å². The number of anilines is 2. The summed E-state index contributed by atoms with van der Waals surface area (Å²) in [6.45, 7) is 2.73. The second-order valence-electron chi connectivity index (χ2n) is 9.58. The lowest BCUT2D eigenvalue weighted by Gasteiger charge is -2.39. The van der Waals surface area contributed by atoms with Crippen LogP contribution in [0.3, 0.4) is 0 Å². The number of nitrogens with two attached hydrogens (primary N) is 1. The molecule has 5 heterocycles. The van der Waals surface area contributed by atoms with Gasteiger partial charge in [-0.1, -0.05) is 6.92 Å². The molecular weight excluding hydrogens is 476 g/mol. The summed E-state index contributed by atoms with van der Waals surface area (Å²) in [5, 5.41) is 13.8. The van der Waals surface area contributed by atoms with Crippen LogP contribution in [0.15, 0.2) is 24.5 Å². The van der Waals surface area contributed by atoms with Crippen molar-refractivity contribution < 1.29 is 19.5 Å². The number of hydrogen-bond acceptors (Lipinski definition) is 9. The SMILES string of the molecule is CCC(=O)NNc1ccc(-c2cnn3c(N)c(C(C)=O)c(C4CC5CCC(C4)N5C(=O)CO)nc23)cn1. The van der Waals surface area contributed by atoms with Crippen molar-refractivity contribution in [1.82, 2.24) is 29.9 Å². The number of piperidine rings is 1. The third kappa shape index (κ3) is 4.37. The lowest BCUT2D eigenvalue weighted by molar-refractivity contribution is -0.138. The molecule has 3 aromatic rings. The Balaban J connectivity index is 1.51. The number of fused-ring (bicyclic) bond motifs is 3. The number of aromatic nitrogens is 4. The number of ketones is 1. The van der Waals surface area contributed by atoms with Gasteiger partial charge in [0.25, 0.3) is 0 Å². The first-order chi connectivity index (χ1) is 17.8. The minimum absolute atomic E-state index is 0.00397. The molecule has 194 valence electrons. The highest BCUT2D eigenvalue weighted by Crippen LogP contribution is 2.44. The molecule has 2 atom stereocenters. The normalized spacial score (nSPS) is 20.7. The number of hydrogen-bond donors (Lipinski definition) is 4. The van der Waals surface area contributed by atoms with E-state index in [-0.39, 0.29) is 41.4 Å². The minimum atomic E-state index is -0.500. The van der Waals surface area contributed by atoms with Crippen molar-refractivity contribution in [1.29, 1.82) is 0 Å². The maximum Gasteiger partial charge on any atom is 0.248 e. The number of nitrogens with one attached hydrogen (secondary N) is 2. The number of amides is 2. The van der Waals surface area contributed by atoms with Crippen LogP contribution in [-0.2, 0) is 9.59 Å². The molecule has 12 heteroatoms. The highest BCUT2D eigenvalue weighted by molar-refractivity contribution is 6.00. The first-order valence-corrected chi connectivity index (χ1v) is 12.4. The van der Waals surface area contributed by atoms with Crippen LogP contribution in [0.4, 0.5) is 11.6 Å². The molecule has 37 heavy (non-hydrogen) atoms. The molecule has 2 saturated heterocycles. The quantitative estimate of drug-likeness (QED) is 0.275. The van der Waals surface area contributed by atoms with E-state index >= 15 is 0 Å². The molecule has 2 unspecified atom stereocenters. The number of pyridine rings is 1. The highest BCUT2D eigenvalue weighted by Gasteiger charge is 2.44. The molecule has 0 radical (unpaired) electrons. The molecular formula is C25H30N8O4. The van der Waals surface area contributed by atoms with Gasteiger partial charge in [0.2, 0.25) is 11.8 Å². The second-order valence-corrected chi connectivity index (χ2v) is 9.58. The van der Waals surface area contributed by atoms with Gasteiger partial charge in [0.15, 0.2) is 11.4 Å². The summed E-state index contributed by atoms with van der Waals surface area (Å²) in [6, 6.07) is 3.57. The van der Waals surface area contributed by atoms with Gasteiger partial charge in [-0.3, -0.25) is 25.2 Å². The van der Waals surface area contributed by atoms with E-state index in [4.69, 9.17) is 10.7 Å². The van der Waals surface area contributed by atoms with Crippen LogP contribution in [0.2, 0.25) is 0 Å². The number of Topliss-reactive ketones (excluding diaryl/α,β-unsaturated/α-hetero) is 1. The molecule has 0 aliphatic carbocycles. The van der Waals surface area contributed by atoms with Crippen LogP contribution in [0.1, 0.15) is 67.9 Å². The zero-order valence-corrected chi connectivity index (χ0v) is 20.8. The Labute approximate surface area is 213 Å². The van der Waals surface area contributed by atoms with Gasteiger partial charge in [-0.15, -0.1) is 0 Å². The second kappa shape index (κ2) is 9.77. The number of aliphatic hydroxyl groups excluding tert-OH is 1. The van der Waals surface area contributed by atoms with Crippen molar-refractivity contribution in [3.05, 3.63) is 35.8 Å². The van der Waals surface area contributed by atoms with E-state index in [1.54, 1.807) is 30.3 Å². The van der Waals surface area contributed by atoms with Crippen molar-refractivity contribution in [2.45, 2.75) is 64.0 Å². The molecule has 5 rings (SSSR count). The first-order valence-electron chi connectivity index (χ1n) is 12.4. The van der Waals surface area contributed by atoms with E-state index in [0.717, 1.165) is 18.4 Å². The van der Waals surface area contributed by atoms with E-state index in [1.807, 2.05) is 6.07 Å². The van der Waals surface area contributed by atoms with Crippen molar-refractivity contribution in [3.8, 4) is 11.1 Å². The van der Waals surface area contributed by atoms with Crippen LogP contribution in [0.25, 0.3) is 16.8 Å². The molecule has 0 spiro atoms. The van der Waals surface area contributed by atoms with Crippen molar-refractivity contribution >= 4 is 34.9 Å². The van der Waals surface area contributed by atoms with Crippen LogP contribution in [-0.4, -0.2) is 65.9 Å². The Kier molecular flexibility index (Phi) is 6.50. The van der Waals surface area contributed by atoms with Crippen LogP contribution in [0, 0.1) is 0 Å². The molecule has 2 aliphatic rings. The summed E-state index contributed by atoms with van der Waals surface area (Å²) in [5.74, 6) is 0.0649. The molecule has 2 fully saturated rings. The van der Waals surface area contributed by atoms with E-state index < -0.39 is 6.61 Å². The lowest BCUT2D eigenvalue weighted by atomic mass is 9.85. The maximum absolute atomic E-state index is 12.7. The van der Waals surface area contributed by atoms with Gasteiger partial charge < -0.3 is 15.7 Å². The molecule has 2 amide bonds. The Hall–Kier alpha value is -4.06. The third-order valence-electron chi connectivity index (χ3n) is 7.33. The van der Waals surface area contributed by atoms with Gasteiger partial charge >= 0.3 is 0 Å². The number of carbonyl (C=O) groups excluding carboxylic acids is 3. The number of hydrazine groups is 1. The van der Waals surface area contributed by atoms with Crippen molar-refractivity contribution in [3.63, 3.8) is 0 Å². The third-order valence-corrected chi connectivity index (χ3v) is 7.33. The average molecular weight is 507 g/mol. The fraction of sp³-hybridized carbons (Fsp3) is 0.440. The Morgan fingerprint density at radius 1 is 1.16 bits per heavy atom. The lowest BCUT2D eigenvalue weighted by Crippen LogP contribution is -2.47. The van der Waals surface area contributed by atoms with E-state index in [9.17, 15) is 19.5 Å². The monoisotopic (exact) mass is 506 g/mol. The molecule has 2 aliphatic heterocycles. The predicted molar refractivity (Wildman–Crippen MR) is 135 cm³/mol. The summed E-state index contributed by atoms with van der Waals surface area (Å²) in [5.41, 5.74) is 14.8. The minimum Gasteiger partial charge on any atom is -0.387 e. The predicted octanol–water partition coefficient (Wildman–Crippen LogP) is 1.66. The fourth-order valence-corrected chi connectivity index (χ4v) is 5.63. The van der Waals surface area contributed by atoms with Crippen molar-refractivity contribution in [2.75, 3.05) is 17.8 Å². The zero-order valence-electron chi connectivity index (χ0n) is 20.8. The topological polar surface area (TPSA) is 168 Å². The van der Waals surface area contributed by atoms with Crippen LogP contribution >= 0.6 is 0 Å². The Morgan fingerprint density at radius 3 is 2.49 bits per heavy atom. The molecule has 0 aromatic carbocycles. The number of rotatable bonds is 7. The fourth-order valence-electron chi connectivity index (χ4n) is 5.63. The molecule has 2 bridgehead atoms. The molecule has 5 N–H and O–H groups in total. The highest BCUT2D eigenvalue weighted by atomic mass is 16.3. The van der Waals surface area contributed by atoms with E-state index in [2.05, 4.69) is 20.9 Å². The molecule has 0 saturated carbocycles. The van der Waals surface area contributed by atoms with Gasteiger partial charge in [-0.05, 0) is 44.7 Å². The smallest absolute Gasteiger partial charge is 0.248 e. The molecule has 3 aromatic heterocycles. The average Bonchev–Trinajstić information content (AvgIpc) is 3.44. The largest absolute Gasteiger partial charge is 0.387 e. The number of carbonyl (C=O) groups is 3. The van der Waals surface area contributed by atoms with Gasteiger partial charge in [0.1, 0.15) is 18.2 Å². The van der Waals surface area contributed by atoms with Gasteiger partial charge in [0.05, 0.1) is 17.5 Å². The van der Waals surface area contributed by atoms with E-state index in [0.29, 0.717) is 47.5 Å². The summed E-state index contributed by atoms with van der Waals surface area (Å²) >= 11 is 0. The van der Waals surface area contributed by atoms with E-state index in [1.165, 1.54) is 11.4 Å². The number of aliphatic hydroxyl groups is 1. The van der Waals surface area contributed by atoms with Gasteiger partial charge in [-0.25, -0.2) is 9.97 Å². The maximum atomic E-state index is 12.7.